The van der Waals surface area contributed by atoms with E-state index in [1.54, 1.807) is 0 Å². The molecule has 0 spiro atoms. The highest BCUT2D eigenvalue weighted by molar-refractivity contribution is 8.15. The first-order valence-electron chi connectivity index (χ1n) is 5.24. The van der Waals surface area contributed by atoms with Gasteiger partial charge in [-0.2, -0.15) is 0 Å². The van der Waals surface area contributed by atoms with Crippen molar-refractivity contribution < 1.29 is 19.5 Å². The van der Waals surface area contributed by atoms with E-state index < -0.39 is 24.0 Å². The van der Waals surface area contributed by atoms with Crippen molar-refractivity contribution in [2.75, 3.05) is 11.5 Å². The number of nitrogens with zero attached hydrogens (tertiary/aromatic N) is 1. The second kappa shape index (κ2) is 6.79. The summed E-state index contributed by atoms with van der Waals surface area (Å²) in [6.45, 7) is 3.07. The number of carbonyl (C=O) groups excluding carboxylic acids is 2. The number of carboxylic acids is 1. The average molecular weight is 290 g/mol. The van der Waals surface area contributed by atoms with Crippen LogP contribution < -0.4 is 5.32 Å². The summed E-state index contributed by atoms with van der Waals surface area (Å²) in [5.74, 6) is -0.953. The fraction of sp³-hybridized carbons (Fsp3) is 0.600. The van der Waals surface area contributed by atoms with Crippen molar-refractivity contribution in [1.82, 2.24) is 5.32 Å². The Morgan fingerprint density at radius 2 is 2.28 bits per heavy atom. The van der Waals surface area contributed by atoms with Gasteiger partial charge in [0.15, 0.2) is 0 Å². The number of thioether (sulfide) groups is 2. The predicted molar refractivity (Wildman–Crippen MR) is 72.1 cm³/mol. The molecule has 2 atom stereocenters. The van der Waals surface area contributed by atoms with E-state index in [9.17, 15) is 14.4 Å². The molecule has 1 heterocycles. The molecule has 1 aliphatic heterocycles. The van der Waals surface area contributed by atoms with Crippen molar-refractivity contribution in [3.8, 4) is 0 Å². The molecule has 0 bridgehead atoms. The van der Waals surface area contributed by atoms with Crippen LogP contribution in [-0.4, -0.2) is 50.7 Å². The molecule has 2 N–H and O–H groups in total. The Morgan fingerprint density at radius 3 is 2.72 bits per heavy atom. The van der Waals surface area contributed by atoms with Crippen LogP contribution in [-0.2, 0) is 14.4 Å². The monoisotopic (exact) mass is 290 g/mol. The maximum atomic E-state index is 11.7. The Morgan fingerprint density at radius 1 is 1.61 bits per heavy atom. The number of aliphatic carboxylic acids is 1. The normalized spacial score (nSPS) is 20.1. The molecule has 0 aliphatic carbocycles. The van der Waals surface area contributed by atoms with E-state index in [-0.39, 0.29) is 10.9 Å². The summed E-state index contributed by atoms with van der Waals surface area (Å²) in [6, 6.07) is -1.44. The lowest BCUT2D eigenvalue weighted by molar-refractivity contribution is -0.140. The maximum Gasteiger partial charge on any atom is 0.327 e. The average Bonchev–Trinajstić information content (AvgIpc) is 2.69. The van der Waals surface area contributed by atoms with Gasteiger partial charge < -0.3 is 10.4 Å². The highest BCUT2D eigenvalue weighted by Crippen LogP contribution is 2.22. The van der Waals surface area contributed by atoms with E-state index in [1.165, 1.54) is 18.7 Å². The summed E-state index contributed by atoms with van der Waals surface area (Å²) in [5.41, 5.74) is 0. The number of aliphatic imine (C=N–C) groups is 1. The molecule has 0 aromatic carbocycles. The molecule has 6 nitrogen and oxygen atoms in total. The van der Waals surface area contributed by atoms with Gasteiger partial charge in [-0.3, -0.25) is 14.6 Å². The number of nitrogens with one attached hydrogen (secondary N) is 1. The summed E-state index contributed by atoms with van der Waals surface area (Å²) < 4.78 is 0. The minimum absolute atomic E-state index is 0.0173. The summed E-state index contributed by atoms with van der Waals surface area (Å²) >= 11 is 2.41. The number of carboxylic acid groups (broad SMARTS) is 1. The Hall–Kier alpha value is -1.02. The first kappa shape index (κ1) is 15.0. The van der Waals surface area contributed by atoms with Gasteiger partial charge in [0.25, 0.3) is 0 Å². The fourth-order valence-electron chi connectivity index (χ4n) is 1.30. The van der Waals surface area contributed by atoms with E-state index in [0.29, 0.717) is 5.75 Å². The first-order chi connectivity index (χ1) is 8.40. The van der Waals surface area contributed by atoms with E-state index in [1.807, 2.05) is 6.92 Å². The zero-order chi connectivity index (χ0) is 13.7. The van der Waals surface area contributed by atoms with Crippen molar-refractivity contribution >= 4 is 45.6 Å². The zero-order valence-corrected chi connectivity index (χ0v) is 11.6. The summed E-state index contributed by atoms with van der Waals surface area (Å²) in [7, 11) is 0. The SMILES string of the molecule is CC(=O)N[C@@H](CSC(=O)C1CSC(C)=N1)C(=O)O. The Kier molecular flexibility index (Phi) is 5.67. The lowest BCUT2D eigenvalue weighted by Gasteiger charge is -2.12. The first-order valence-corrected chi connectivity index (χ1v) is 7.21. The largest absolute Gasteiger partial charge is 0.480 e. The van der Waals surface area contributed by atoms with Gasteiger partial charge in [-0.25, -0.2) is 4.79 Å². The lowest BCUT2D eigenvalue weighted by atomic mass is 10.3. The number of rotatable bonds is 5. The van der Waals surface area contributed by atoms with Crippen LogP contribution in [0.4, 0.5) is 0 Å². The highest BCUT2D eigenvalue weighted by atomic mass is 32.2. The van der Waals surface area contributed by atoms with Gasteiger partial charge >= 0.3 is 5.97 Å². The van der Waals surface area contributed by atoms with E-state index in [4.69, 9.17) is 5.11 Å². The molecule has 0 fully saturated rings. The number of hydrogen-bond donors (Lipinski definition) is 2. The number of carbonyl (C=O) groups is 3. The van der Waals surface area contributed by atoms with Crippen LogP contribution in [0.2, 0.25) is 0 Å². The van der Waals surface area contributed by atoms with Crippen LogP contribution in [0.25, 0.3) is 0 Å². The smallest absolute Gasteiger partial charge is 0.327 e. The molecule has 0 saturated carbocycles. The van der Waals surface area contributed by atoms with E-state index in [2.05, 4.69) is 10.3 Å². The Bertz CT molecular complexity index is 397. The number of hydrogen-bond acceptors (Lipinski definition) is 6. The lowest BCUT2D eigenvalue weighted by Crippen LogP contribution is -2.42. The van der Waals surface area contributed by atoms with E-state index in [0.717, 1.165) is 16.8 Å². The molecule has 100 valence electrons. The van der Waals surface area contributed by atoms with Crippen molar-refractivity contribution in [1.29, 1.82) is 0 Å². The van der Waals surface area contributed by atoms with Gasteiger partial charge in [0.05, 0.1) is 5.04 Å². The van der Waals surface area contributed by atoms with Crippen LogP contribution in [0.3, 0.4) is 0 Å². The molecule has 0 aromatic rings. The summed E-state index contributed by atoms with van der Waals surface area (Å²) in [5, 5.41) is 11.9. The van der Waals surface area contributed by atoms with Gasteiger partial charge in [0, 0.05) is 18.4 Å². The van der Waals surface area contributed by atoms with Gasteiger partial charge in [-0.1, -0.05) is 11.8 Å². The third kappa shape index (κ3) is 4.69. The zero-order valence-electron chi connectivity index (χ0n) is 10.0. The summed E-state index contributed by atoms with van der Waals surface area (Å²) in [4.78, 5) is 37.5. The van der Waals surface area contributed by atoms with Gasteiger partial charge in [0.1, 0.15) is 12.1 Å². The molecule has 18 heavy (non-hydrogen) atoms. The minimum Gasteiger partial charge on any atom is -0.480 e. The van der Waals surface area contributed by atoms with Gasteiger partial charge in [0.2, 0.25) is 11.0 Å². The van der Waals surface area contributed by atoms with Crippen molar-refractivity contribution in [3.05, 3.63) is 0 Å². The quantitative estimate of drug-likeness (QED) is 0.759. The highest BCUT2D eigenvalue weighted by Gasteiger charge is 2.26. The second-order valence-corrected chi connectivity index (χ2v) is 5.93. The molecule has 0 saturated heterocycles. The third-order valence-corrected chi connectivity index (χ3v) is 4.19. The maximum absolute atomic E-state index is 11.7. The molecule has 1 aliphatic rings. The third-order valence-electron chi connectivity index (χ3n) is 2.13. The van der Waals surface area contributed by atoms with Gasteiger partial charge in [-0.05, 0) is 6.92 Å². The van der Waals surface area contributed by atoms with Crippen LogP contribution in [0.15, 0.2) is 4.99 Å². The molecular weight excluding hydrogens is 276 g/mol. The molecular formula is C10H14N2O4S2. The molecule has 1 amide bonds. The van der Waals surface area contributed by atoms with Crippen LogP contribution in [0.1, 0.15) is 13.8 Å². The molecule has 1 rings (SSSR count). The van der Waals surface area contributed by atoms with Crippen molar-refractivity contribution in [3.63, 3.8) is 0 Å². The van der Waals surface area contributed by atoms with Crippen molar-refractivity contribution in [2.24, 2.45) is 4.99 Å². The molecule has 0 aromatic heterocycles. The van der Waals surface area contributed by atoms with Gasteiger partial charge in [-0.15, -0.1) is 11.8 Å². The van der Waals surface area contributed by atoms with E-state index >= 15 is 0 Å². The van der Waals surface area contributed by atoms with Crippen LogP contribution in [0.5, 0.6) is 0 Å². The van der Waals surface area contributed by atoms with Crippen molar-refractivity contribution in [2.45, 2.75) is 25.9 Å². The standard InChI is InChI=1S/C10H14N2O4S2/c1-5(13)11-7(9(14)15)3-18-10(16)8-4-17-6(2)12-8/h7-8H,3-4H2,1-2H3,(H,11,13)(H,14,15)/t7-,8?/m0/s1. The Labute approximate surface area is 113 Å². The fourth-order valence-corrected chi connectivity index (χ4v) is 3.11. The minimum atomic E-state index is -1.15. The second-order valence-electron chi connectivity index (χ2n) is 3.70. The molecule has 0 radical (unpaired) electrons. The van der Waals surface area contributed by atoms with Crippen LogP contribution in [0, 0.1) is 0 Å². The molecule has 1 unspecified atom stereocenters. The number of amides is 1. The Balaban J connectivity index is 2.44. The molecule has 8 heteroatoms. The topological polar surface area (TPSA) is 95.8 Å². The predicted octanol–water partition coefficient (Wildman–Crippen LogP) is 0.369. The van der Waals surface area contributed by atoms with Crippen LogP contribution >= 0.6 is 23.5 Å². The summed E-state index contributed by atoms with van der Waals surface area (Å²) in [6.07, 6.45) is 0.